The van der Waals surface area contributed by atoms with Crippen LogP contribution in [0.4, 0.5) is 6.01 Å². The van der Waals surface area contributed by atoms with Crippen LogP contribution in [0.2, 0.25) is 0 Å². The molecule has 0 unspecified atom stereocenters. The van der Waals surface area contributed by atoms with E-state index < -0.39 is 0 Å². The number of hydrogen-bond donors (Lipinski definition) is 0. The molecule has 1 saturated heterocycles. The van der Waals surface area contributed by atoms with Crippen molar-refractivity contribution in [2.75, 3.05) is 31.1 Å². The number of aromatic nitrogens is 2. The zero-order valence-corrected chi connectivity index (χ0v) is 13.2. The molecule has 112 valence electrons. The zero-order chi connectivity index (χ0) is 14.8. The number of piperazine rings is 1. The normalized spacial score (nSPS) is 15.5. The first-order valence-electron chi connectivity index (χ1n) is 6.79. The molecule has 1 aliphatic rings. The molecular formula is C13H15BrN4O3. The first-order chi connectivity index (χ1) is 10.2. The van der Waals surface area contributed by atoms with Gasteiger partial charge in [0.1, 0.15) is 0 Å². The van der Waals surface area contributed by atoms with E-state index in [1.165, 1.54) is 0 Å². The number of halogens is 1. The summed E-state index contributed by atoms with van der Waals surface area (Å²) in [5.74, 6) is 0.880. The van der Waals surface area contributed by atoms with Gasteiger partial charge in [-0.2, -0.15) is 0 Å². The second-order valence-electron chi connectivity index (χ2n) is 4.71. The molecule has 0 radical (unpaired) electrons. The molecular weight excluding hydrogens is 340 g/mol. The Morgan fingerprint density at radius 1 is 1.24 bits per heavy atom. The van der Waals surface area contributed by atoms with Crippen LogP contribution in [0.25, 0.3) is 0 Å². The fourth-order valence-corrected chi connectivity index (χ4v) is 2.51. The van der Waals surface area contributed by atoms with Gasteiger partial charge in [-0.1, -0.05) is 12.0 Å². The van der Waals surface area contributed by atoms with Crippen LogP contribution in [0.1, 0.15) is 23.4 Å². The van der Waals surface area contributed by atoms with E-state index >= 15 is 0 Å². The molecule has 3 heterocycles. The van der Waals surface area contributed by atoms with Gasteiger partial charge in [0.2, 0.25) is 5.89 Å². The second kappa shape index (κ2) is 5.88. The van der Waals surface area contributed by atoms with Crippen LogP contribution in [0.15, 0.2) is 25.6 Å². The summed E-state index contributed by atoms with van der Waals surface area (Å²) in [6.45, 7) is 4.50. The number of nitrogens with zero attached hydrogens (tertiary/aromatic N) is 4. The van der Waals surface area contributed by atoms with E-state index in [0.29, 0.717) is 48.5 Å². The number of carbonyl (C=O) groups is 1. The van der Waals surface area contributed by atoms with Crippen molar-refractivity contribution in [2.45, 2.75) is 13.3 Å². The van der Waals surface area contributed by atoms with Crippen molar-refractivity contribution >= 4 is 27.9 Å². The lowest BCUT2D eigenvalue weighted by atomic mass is 10.3. The Labute approximate surface area is 130 Å². The van der Waals surface area contributed by atoms with Crippen molar-refractivity contribution in [2.24, 2.45) is 0 Å². The Morgan fingerprint density at radius 2 is 2.00 bits per heavy atom. The maximum Gasteiger partial charge on any atom is 0.318 e. The molecule has 2 aromatic heterocycles. The maximum absolute atomic E-state index is 12.2. The molecule has 1 aliphatic heterocycles. The van der Waals surface area contributed by atoms with Gasteiger partial charge in [0.25, 0.3) is 5.91 Å². The SMILES string of the molecule is CCc1nnc(N2CCN(C(=O)c3ccc(Br)o3)CC2)o1. The lowest BCUT2D eigenvalue weighted by Crippen LogP contribution is -2.48. The summed E-state index contributed by atoms with van der Waals surface area (Å²) in [6.07, 6.45) is 0.721. The van der Waals surface area contributed by atoms with E-state index in [1.54, 1.807) is 17.0 Å². The molecule has 0 atom stereocenters. The van der Waals surface area contributed by atoms with Crippen LogP contribution >= 0.6 is 15.9 Å². The number of hydrogen-bond acceptors (Lipinski definition) is 6. The summed E-state index contributed by atoms with van der Waals surface area (Å²) in [5, 5.41) is 7.98. The van der Waals surface area contributed by atoms with E-state index in [0.717, 1.165) is 6.42 Å². The van der Waals surface area contributed by atoms with Crippen LogP contribution in [0.3, 0.4) is 0 Å². The second-order valence-corrected chi connectivity index (χ2v) is 5.50. The third-order valence-electron chi connectivity index (χ3n) is 3.38. The predicted octanol–water partition coefficient (Wildman–Crippen LogP) is 1.95. The Balaban J connectivity index is 1.61. The molecule has 3 rings (SSSR count). The highest BCUT2D eigenvalue weighted by molar-refractivity contribution is 9.10. The molecule has 0 aliphatic carbocycles. The van der Waals surface area contributed by atoms with E-state index in [2.05, 4.69) is 26.1 Å². The summed E-state index contributed by atoms with van der Waals surface area (Å²) >= 11 is 3.20. The average molecular weight is 355 g/mol. The minimum atomic E-state index is -0.0971. The monoisotopic (exact) mass is 354 g/mol. The largest absolute Gasteiger partial charge is 0.444 e. The third-order valence-corrected chi connectivity index (χ3v) is 3.81. The van der Waals surface area contributed by atoms with Gasteiger partial charge in [-0.25, -0.2) is 0 Å². The lowest BCUT2D eigenvalue weighted by molar-refractivity contribution is 0.0711. The number of aryl methyl sites for hydroxylation is 1. The van der Waals surface area contributed by atoms with Crippen LogP contribution < -0.4 is 4.90 Å². The van der Waals surface area contributed by atoms with Gasteiger partial charge in [0.05, 0.1) is 0 Å². The van der Waals surface area contributed by atoms with Gasteiger partial charge >= 0.3 is 6.01 Å². The smallest absolute Gasteiger partial charge is 0.318 e. The molecule has 0 aromatic carbocycles. The molecule has 0 bridgehead atoms. The number of carbonyl (C=O) groups excluding carboxylic acids is 1. The van der Waals surface area contributed by atoms with Gasteiger partial charge in [-0.3, -0.25) is 4.79 Å². The minimum absolute atomic E-state index is 0.0971. The molecule has 8 heteroatoms. The maximum atomic E-state index is 12.2. The molecule has 0 spiro atoms. The molecule has 0 N–H and O–H groups in total. The fraction of sp³-hybridized carbons (Fsp3) is 0.462. The average Bonchev–Trinajstić information content (AvgIpc) is 3.15. The Kier molecular flexibility index (Phi) is 3.96. The van der Waals surface area contributed by atoms with Gasteiger partial charge in [-0.05, 0) is 28.1 Å². The topological polar surface area (TPSA) is 75.6 Å². The highest BCUT2D eigenvalue weighted by Crippen LogP contribution is 2.19. The summed E-state index contributed by atoms with van der Waals surface area (Å²) in [7, 11) is 0. The van der Waals surface area contributed by atoms with Crippen LogP contribution in [-0.2, 0) is 6.42 Å². The molecule has 1 fully saturated rings. The molecule has 2 aromatic rings. The molecule has 1 amide bonds. The highest BCUT2D eigenvalue weighted by atomic mass is 79.9. The van der Waals surface area contributed by atoms with Crippen molar-refractivity contribution in [3.05, 3.63) is 28.5 Å². The van der Waals surface area contributed by atoms with E-state index in [4.69, 9.17) is 8.83 Å². The van der Waals surface area contributed by atoms with Crippen molar-refractivity contribution in [1.29, 1.82) is 0 Å². The van der Waals surface area contributed by atoms with Crippen LogP contribution in [0, 0.1) is 0 Å². The Morgan fingerprint density at radius 3 is 2.57 bits per heavy atom. The van der Waals surface area contributed by atoms with Crippen molar-refractivity contribution in [3.8, 4) is 0 Å². The summed E-state index contributed by atoms with van der Waals surface area (Å²) in [6, 6.07) is 3.91. The number of amides is 1. The highest BCUT2D eigenvalue weighted by Gasteiger charge is 2.26. The van der Waals surface area contributed by atoms with Gasteiger partial charge in [-0.15, -0.1) is 5.10 Å². The predicted molar refractivity (Wildman–Crippen MR) is 78.2 cm³/mol. The van der Waals surface area contributed by atoms with E-state index in [1.807, 2.05) is 11.8 Å². The number of furan rings is 1. The van der Waals surface area contributed by atoms with Crippen molar-refractivity contribution in [3.63, 3.8) is 0 Å². The van der Waals surface area contributed by atoms with Crippen molar-refractivity contribution < 1.29 is 13.6 Å². The van der Waals surface area contributed by atoms with Gasteiger partial charge in [0, 0.05) is 32.6 Å². The molecule has 21 heavy (non-hydrogen) atoms. The number of rotatable bonds is 3. The van der Waals surface area contributed by atoms with Gasteiger partial charge in [0.15, 0.2) is 10.4 Å². The number of anilines is 1. The van der Waals surface area contributed by atoms with E-state index in [9.17, 15) is 4.79 Å². The summed E-state index contributed by atoms with van der Waals surface area (Å²) < 4.78 is 11.4. The van der Waals surface area contributed by atoms with Gasteiger partial charge < -0.3 is 18.6 Å². The first-order valence-corrected chi connectivity index (χ1v) is 7.58. The molecule has 0 saturated carbocycles. The Bertz CT molecular complexity index is 631. The van der Waals surface area contributed by atoms with Crippen molar-refractivity contribution in [1.82, 2.24) is 15.1 Å². The fourth-order valence-electron chi connectivity index (χ4n) is 2.20. The summed E-state index contributed by atoms with van der Waals surface area (Å²) in [5.41, 5.74) is 0. The van der Waals surface area contributed by atoms with Crippen LogP contribution in [0.5, 0.6) is 0 Å². The Hall–Kier alpha value is -1.83. The summed E-state index contributed by atoms with van der Waals surface area (Å²) in [4.78, 5) is 16.0. The molecule has 7 nitrogen and oxygen atoms in total. The minimum Gasteiger partial charge on any atom is -0.444 e. The standard InChI is InChI=1S/C13H15BrN4O3/c1-2-11-15-16-13(21-11)18-7-5-17(6-8-18)12(19)9-3-4-10(14)20-9/h3-4H,2,5-8H2,1H3. The quantitative estimate of drug-likeness (QED) is 0.838. The lowest BCUT2D eigenvalue weighted by Gasteiger charge is -2.33. The van der Waals surface area contributed by atoms with E-state index in [-0.39, 0.29) is 5.91 Å². The third kappa shape index (κ3) is 2.94. The van der Waals surface area contributed by atoms with Crippen LogP contribution in [-0.4, -0.2) is 47.2 Å². The first kappa shape index (κ1) is 14.1. The zero-order valence-electron chi connectivity index (χ0n) is 11.6.